The van der Waals surface area contributed by atoms with Gasteiger partial charge >= 0.3 is 0 Å². The number of aromatic hydroxyl groups is 1. The van der Waals surface area contributed by atoms with Crippen LogP contribution >= 0.6 is 0 Å². The lowest BCUT2D eigenvalue weighted by Gasteiger charge is -2.28. The molecule has 4 heteroatoms. The largest absolute Gasteiger partial charge is 0.506 e. The van der Waals surface area contributed by atoms with Crippen molar-refractivity contribution in [3.63, 3.8) is 0 Å². The lowest BCUT2D eigenvalue weighted by molar-refractivity contribution is -0.00836. The summed E-state index contributed by atoms with van der Waals surface area (Å²) in [6, 6.07) is 10.1. The summed E-state index contributed by atoms with van der Waals surface area (Å²) in [5, 5.41) is 10.3. The first kappa shape index (κ1) is 13.1. The summed E-state index contributed by atoms with van der Waals surface area (Å²) in [6.07, 6.45) is 2.58. The lowest BCUT2D eigenvalue weighted by Crippen LogP contribution is -2.26. The Bertz CT molecular complexity index is 628. The molecule has 1 aromatic heterocycles. The zero-order valence-corrected chi connectivity index (χ0v) is 11.5. The molecule has 0 fully saturated rings. The second-order valence-corrected chi connectivity index (χ2v) is 4.99. The summed E-state index contributed by atoms with van der Waals surface area (Å²) in [5.41, 5.74) is 8.44. The van der Waals surface area contributed by atoms with E-state index in [9.17, 15) is 5.11 Å². The van der Waals surface area contributed by atoms with E-state index >= 15 is 0 Å². The molecule has 4 nitrogen and oxygen atoms in total. The van der Waals surface area contributed by atoms with Gasteiger partial charge in [0, 0.05) is 23.9 Å². The molecule has 1 aliphatic heterocycles. The van der Waals surface area contributed by atoms with Crippen molar-refractivity contribution in [2.75, 3.05) is 0 Å². The van der Waals surface area contributed by atoms with E-state index in [0.717, 1.165) is 23.1 Å². The van der Waals surface area contributed by atoms with Crippen molar-refractivity contribution in [2.24, 2.45) is 5.73 Å². The molecular formula is C16H18N2O2. The van der Waals surface area contributed by atoms with Gasteiger partial charge in [0.05, 0.1) is 12.3 Å². The van der Waals surface area contributed by atoms with Crippen LogP contribution in [0.25, 0.3) is 0 Å². The average Bonchev–Trinajstić information content (AvgIpc) is 2.89. The van der Waals surface area contributed by atoms with Crippen LogP contribution in [0.15, 0.2) is 36.5 Å². The molecule has 1 aliphatic rings. The number of hydrogen-bond acceptors (Lipinski definition) is 4. The van der Waals surface area contributed by atoms with E-state index in [1.54, 1.807) is 6.20 Å². The third-order valence-corrected chi connectivity index (χ3v) is 4.06. The van der Waals surface area contributed by atoms with Crippen molar-refractivity contribution >= 4 is 0 Å². The number of rotatable bonds is 3. The number of nitrogens with zero attached hydrogens (tertiary/aromatic N) is 1. The fourth-order valence-corrected chi connectivity index (χ4v) is 2.94. The maximum Gasteiger partial charge on any atom is 0.144 e. The molecule has 2 aromatic rings. The van der Waals surface area contributed by atoms with Crippen LogP contribution in [0.1, 0.15) is 35.7 Å². The minimum atomic E-state index is -0.520. The molecule has 0 amide bonds. The van der Waals surface area contributed by atoms with Crippen LogP contribution in [0.5, 0.6) is 5.75 Å². The van der Waals surface area contributed by atoms with Crippen LogP contribution < -0.4 is 5.73 Å². The van der Waals surface area contributed by atoms with Gasteiger partial charge in [-0.05, 0) is 12.0 Å². The highest BCUT2D eigenvalue weighted by molar-refractivity contribution is 5.50. The monoisotopic (exact) mass is 270 g/mol. The Labute approximate surface area is 118 Å². The van der Waals surface area contributed by atoms with E-state index in [0.29, 0.717) is 12.3 Å². The maximum atomic E-state index is 10.3. The number of benzene rings is 1. The molecular weight excluding hydrogens is 252 g/mol. The van der Waals surface area contributed by atoms with Gasteiger partial charge in [-0.2, -0.15) is 0 Å². The lowest BCUT2D eigenvalue weighted by atomic mass is 9.84. The summed E-state index contributed by atoms with van der Waals surface area (Å²) in [6.45, 7) is 2.69. The van der Waals surface area contributed by atoms with Gasteiger partial charge in [-0.1, -0.05) is 37.3 Å². The number of ether oxygens (including phenoxy) is 1. The van der Waals surface area contributed by atoms with Gasteiger partial charge in [-0.15, -0.1) is 0 Å². The number of aromatic nitrogens is 1. The SMILES string of the molecule is CCC1(c2ccccc2)OCc2c1cnc(CN)c2O. The molecule has 20 heavy (non-hydrogen) atoms. The number of pyridine rings is 1. The predicted octanol–water partition coefficient (Wildman–Crippen LogP) is 2.43. The Hall–Kier alpha value is -1.91. The maximum absolute atomic E-state index is 10.3. The van der Waals surface area contributed by atoms with Crippen molar-refractivity contribution in [3.05, 3.63) is 58.9 Å². The quantitative estimate of drug-likeness (QED) is 0.898. The molecule has 0 radical (unpaired) electrons. The third-order valence-electron chi connectivity index (χ3n) is 4.06. The third kappa shape index (κ3) is 1.72. The zero-order chi connectivity index (χ0) is 14.2. The summed E-state index contributed by atoms with van der Waals surface area (Å²) in [7, 11) is 0. The zero-order valence-electron chi connectivity index (χ0n) is 11.5. The topological polar surface area (TPSA) is 68.4 Å². The van der Waals surface area contributed by atoms with Gasteiger partial charge < -0.3 is 15.6 Å². The fourth-order valence-electron chi connectivity index (χ4n) is 2.94. The highest BCUT2D eigenvalue weighted by Gasteiger charge is 2.42. The molecule has 0 saturated carbocycles. The van der Waals surface area contributed by atoms with E-state index in [1.807, 2.05) is 30.3 Å². The minimum Gasteiger partial charge on any atom is -0.506 e. The van der Waals surface area contributed by atoms with Gasteiger partial charge in [0.1, 0.15) is 11.4 Å². The number of fused-ring (bicyclic) bond motifs is 1. The molecule has 0 spiro atoms. The van der Waals surface area contributed by atoms with Crippen LogP contribution in [0.4, 0.5) is 0 Å². The van der Waals surface area contributed by atoms with Gasteiger partial charge in [0.15, 0.2) is 0 Å². The van der Waals surface area contributed by atoms with Gasteiger partial charge in [-0.3, -0.25) is 4.98 Å². The summed E-state index contributed by atoms with van der Waals surface area (Å²) in [5.74, 6) is 0.177. The van der Waals surface area contributed by atoms with Crippen molar-refractivity contribution in [1.82, 2.24) is 4.98 Å². The standard InChI is InChI=1S/C16H18N2O2/c1-2-16(11-6-4-3-5-7-11)13-9-18-14(8-17)15(19)12(13)10-20-16/h3-7,9,19H,2,8,10,17H2,1H3. The van der Waals surface area contributed by atoms with Crippen molar-refractivity contribution in [2.45, 2.75) is 32.1 Å². The molecule has 0 bridgehead atoms. The Morgan fingerprint density at radius 3 is 2.75 bits per heavy atom. The van der Waals surface area contributed by atoms with Crippen LogP contribution in [-0.4, -0.2) is 10.1 Å². The fraction of sp³-hybridized carbons (Fsp3) is 0.312. The predicted molar refractivity (Wildman–Crippen MR) is 76.1 cm³/mol. The highest BCUT2D eigenvalue weighted by Crippen LogP contribution is 2.46. The Kier molecular flexibility index (Phi) is 3.20. The molecule has 3 N–H and O–H groups in total. The van der Waals surface area contributed by atoms with Gasteiger partial charge in [-0.25, -0.2) is 0 Å². The van der Waals surface area contributed by atoms with Crippen molar-refractivity contribution in [3.8, 4) is 5.75 Å². The van der Waals surface area contributed by atoms with Crippen LogP contribution in [-0.2, 0) is 23.5 Å². The second kappa shape index (κ2) is 4.89. The molecule has 1 unspecified atom stereocenters. The Morgan fingerprint density at radius 1 is 1.35 bits per heavy atom. The molecule has 3 rings (SSSR count). The first-order valence-electron chi connectivity index (χ1n) is 6.82. The van der Waals surface area contributed by atoms with E-state index in [-0.39, 0.29) is 12.3 Å². The van der Waals surface area contributed by atoms with E-state index in [2.05, 4.69) is 11.9 Å². The first-order chi connectivity index (χ1) is 9.73. The Balaban J connectivity index is 2.18. The molecule has 0 aliphatic carbocycles. The van der Waals surface area contributed by atoms with E-state index < -0.39 is 5.60 Å². The van der Waals surface area contributed by atoms with Crippen molar-refractivity contribution < 1.29 is 9.84 Å². The second-order valence-electron chi connectivity index (χ2n) is 4.99. The van der Waals surface area contributed by atoms with Crippen LogP contribution in [0, 0.1) is 0 Å². The molecule has 1 aromatic carbocycles. The first-order valence-corrected chi connectivity index (χ1v) is 6.82. The van der Waals surface area contributed by atoms with E-state index in [1.165, 1.54) is 0 Å². The molecule has 1 atom stereocenters. The van der Waals surface area contributed by atoms with Crippen LogP contribution in [0.3, 0.4) is 0 Å². The smallest absolute Gasteiger partial charge is 0.144 e. The summed E-state index contributed by atoms with van der Waals surface area (Å²) >= 11 is 0. The number of nitrogens with two attached hydrogens (primary N) is 1. The average molecular weight is 270 g/mol. The summed E-state index contributed by atoms with van der Waals surface area (Å²) < 4.78 is 6.09. The van der Waals surface area contributed by atoms with Crippen LogP contribution in [0.2, 0.25) is 0 Å². The molecule has 2 heterocycles. The highest BCUT2D eigenvalue weighted by atomic mass is 16.5. The summed E-state index contributed by atoms with van der Waals surface area (Å²) in [4.78, 5) is 4.28. The van der Waals surface area contributed by atoms with Crippen molar-refractivity contribution in [1.29, 1.82) is 0 Å². The minimum absolute atomic E-state index is 0.177. The Morgan fingerprint density at radius 2 is 2.10 bits per heavy atom. The normalized spacial score (nSPS) is 20.9. The molecule has 104 valence electrons. The van der Waals surface area contributed by atoms with Gasteiger partial charge in [0.2, 0.25) is 0 Å². The molecule has 0 saturated heterocycles. The number of hydrogen-bond donors (Lipinski definition) is 2. The van der Waals surface area contributed by atoms with Gasteiger partial charge in [0.25, 0.3) is 0 Å². The van der Waals surface area contributed by atoms with E-state index in [4.69, 9.17) is 10.5 Å².